The van der Waals surface area contributed by atoms with Crippen LogP contribution in [-0.2, 0) is 47.5 Å². The van der Waals surface area contributed by atoms with Gasteiger partial charge in [0.25, 0.3) is 0 Å². The van der Waals surface area contributed by atoms with Crippen LogP contribution in [0.1, 0.15) is 154 Å². The molecule has 0 radical (unpaired) electrons. The monoisotopic (exact) mass is 1140 g/mol. The number of carbonyl (C=O) groups excluding carboxylic acids is 6. The molecule has 4 aliphatic carbocycles. The van der Waals surface area contributed by atoms with Gasteiger partial charge in [0, 0.05) is 36.5 Å². The fourth-order valence-electron chi connectivity index (χ4n) is 15.6. The maximum atomic E-state index is 14.4. The zero-order valence-corrected chi connectivity index (χ0v) is 49.3. The van der Waals surface area contributed by atoms with Crippen LogP contribution in [0.25, 0.3) is 0 Å². The normalized spacial score (nSPS) is 34.6. The lowest BCUT2D eigenvalue weighted by Gasteiger charge is -2.61. The minimum Gasteiger partial charge on any atom is -0.459 e. The van der Waals surface area contributed by atoms with Crippen LogP contribution >= 0.6 is 0 Å². The minimum atomic E-state index is -1.06. The van der Waals surface area contributed by atoms with Gasteiger partial charge in [0.15, 0.2) is 24.8 Å². The maximum absolute atomic E-state index is 14.4. The number of rotatable bonds is 19. The molecule has 0 bridgehead atoms. The number of benzene rings is 4. The number of Topliss-reactive ketones (excluding diaryl/α,β-unsaturated/α-hetero) is 2. The Kier molecular flexibility index (Phi) is 18.9. The first kappa shape index (κ1) is 60.1. The predicted octanol–water partition coefficient (Wildman–Crippen LogP) is 12.4. The lowest BCUT2D eigenvalue weighted by molar-refractivity contribution is -0.294. The third-order valence-electron chi connectivity index (χ3n) is 20.6. The van der Waals surface area contributed by atoms with Crippen molar-refractivity contribution in [2.45, 2.75) is 156 Å². The van der Waals surface area contributed by atoms with Gasteiger partial charge in [-0.05, 0) is 146 Å². The second-order valence-electron chi connectivity index (χ2n) is 25.7. The summed E-state index contributed by atoms with van der Waals surface area (Å²) in [6.07, 6.45) is 2.77. The molecule has 0 spiro atoms. The smallest absolute Gasteiger partial charge is 0.338 e. The van der Waals surface area contributed by atoms with E-state index < -0.39 is 66.8 Å². The molecule has 10 rings (SSSR count). The largest absolute Gasteiger partial charge is 0.459 e. The van der Waals surface area contributed by atoms with Crippen molar-refractivity contribution in [2.75, 3.05) is 19.8 Å². The number of ether oxygens (including phenoxy) is 8. The lowest BCUT2D eigenvalue weighted by Crippen LogP contribution is -2.56. The molecule has 2 saturated heterocycles. The summed E-state index contributed by atoms with van der Waals surface area (Å²) in [5.41, 5.74) is 1.40. The third kappa shape index (κ3) is 13.0. The van der Waals surface area contributed by atoms with E-state index in [9.17, 15) is 28.8 Å². The Morgan fingerprint density at radius 2 is 1.16 bits per heavy atom. The third-order valence-corrected chi connectivity index (χ3v) is 20.6. The summed E-state index contributed by atoms with van der Waals surface area (Å²) in [4.78, 5) is 82.2. The van der Waals surface area contributed by atoms with E-state index >= 15 is 0 Å². The fraction of sp³-hybridized carbons (Fsp3) is 0.565. The van der Waals surface area contributed by atoms with Gasteiger partial charge in [-0.15, -0.1) is 0 Å². The summed E-state index contributed by atoms with van der Waals surface area (Å²) >= 11 is 0. The highest BCUT2D eigenvalue weighted by molar-refractivity contribution is 5.93. The van der Waals surface area contributed by atoms with Gasteiger partial charge in [-0.1, -0.05) is 121 Å². The molecule has 14 heteroatoms. The Bertz CT molecular complexity index is 2880. The lowest BCUT2D eigenvalue weighted by atomic mass is 9.44. The van der Waals surface area contributed by atoms with E-state index in [-0.39, 0.29) is 83.8 Å². The van der Waals surface area contributed by atoms with Gasteiger partial charge in [0.05, 0.1) is 47.7 Å². The van der Waals surface area contributed by atoms with Crippen molar-refractivity contribution in [3.8, 4) is 0 Å². The molecule has 0 aromatic heterocycles. The summed E-state index contributed by atoms with van der Waals surface area (Å²) in [5.74, 6) is -1.73. The van der Waals surface area contributed by atoms with Crippen molar-refractivity contribution in [3.63, 3.8) is 0 Å². The summed E-state index contributed by atoms with van der Waals surface area (Å²) in [7, 11) is 0. The first-order valence-electron chi connectivity index (χ1n) is 30.5. The molecular weight excluding hydrogens is 1050 g/mol. The van der Waals surface area contributed by atoms with Crippen LogP contribution in [0.15, 0.2) is 121 Å². The first-order valence-corrected chi connectivity index (χ1v) is 30.5. The van der Waals surface area contributed by atoms with Crippen molar-refractivity contribution in [1.82, 2.24) is 0 Å². The highest BCUT2D eigenvalue weighted by Gasteiger charge is 2.64. The molecule has 4 aromatic rings. The molecule has 19 atom stereocenters. The second kappa shape index (κ2) is 26.1. The maximum Gasteiger partial charge on any atom is 0.338 e. The number of hydrogen-bond donors (Lipinski definition) is 0. The molecule has 0 amide bonds. The van der Waals surface area contributed by atoms with Gasteiger partial charge in [-0.25, -0.2) is 19.2 Å². The summed E-state index contributed by atoms with van der Waals surface area (Å²) in [5, 5.41) is 0. The molecule has 6 fully saturated rings. The predicted molar refractivity (Wildman–Crippen MR) is 309 cm³/mol. The van der Waals surface area contributed by atoms with Gasteiger partial charge >= 0.3 is 23.9 Å². The highest BCUT2D eigenvalue weighted by Crippen LogP contribution is 2.68. The number of hydrogen-bond acceptors (Lipinski definition) is 14. The summed E-state index contributed by atoms with van der Waals surface area (Å²) in [6, 6.07) is 35.1. The van der Waals surface area contributed by atoms with Crippen LogP contribution in [-0.4, -0.2) is 98.4 Å². The molecule has 444 valence electrons. The Balaban J connectivity index is 0.746. The van der Waals surface area contributed by atoms with Gasteiger partial charge in [-0.2, -0.15) is 0 Å². The van der Waals surface area contributed by atoms with Crippen LogP contribution in [0.4, 0.5) is 0 Å². The van der Waals surface area contributed by atoms with E-state index in [0.717, 1.165) is 44.9 Å². The van der Waals surface area contributed by atoms with E-state index in [0.29, 0.717) is 59.3 Å². The molecule has 4 saturated carbocycles. The first-order chi connectivity index (χ1) is 39.9. The van der Waals surface area contributed by atoms with Crippen molar-refractivity contribution in [3.05, 3.63) is 144 Å². The quantitative estimate of drug-likeness (QED) is 0.0492. The molecule has 14 nitrogen and oxygen atoms in total. The van der Waals surface area contributed by atoms with Crippen molar-refractivity contribution < 1.29 is 66.7 Å². The van der Waals surface area contributed by atoms with E-state index in [1.165, 1.54) is 0 Å². The topological polar surface area (TPSA) is 176 Å². The minimum absolute atomic E-state index is 0.0344. The molecule has 2 heterocycles. The standard InChI is InChI=1S/C69H84O14/c1-41(38-77-66-61(83-65(75)49-26-18-11-19-27-49)59(42(2)39-78-66)81-63(73)47-22-14-9-15-23-47)28-31-55(70)45(5)58-56(71)37-54-52-30-29-50-36-51(32-34-68(50,6)53(52)33-35-69(54,58)7)79-67-60(82-64(74)48-24-16-10-17-25-48)44(4)43(3)57(80-67)40-76-62(72)46-20-12-8-13-21-46/h8-27,41-45,50-54,57-61,66-67H,28-40H2,1-7H3/t41-,42+,43+,44-,45+,50?,51?,52?,53?,54?,57?,58?,59-,60?,61?,66+,67+,68?,69?/m0/s1. The van der Waals surface area contributed by atoms with Gasteiger partial charge in [0.2, 0.25) is 0 Å². The number of fused-ring (bicyclic) bond motifs is 5. The molecule has 2 aliphatic heterocycles. The van der Waals surface area contributed by atoms with E-state index in [4.69, 9.17) is 37.9 Å². The Morgan fingerprint density at radius 3 is 1.75 bits per heavy atom. The number of ketones is 2. The van der Waals surface area contributed by atoms with E-state index in [1.54, 1.807) is 84.9 Å². The van der Waals surface area contributed by atoms with E-state index in [2.05, 4.69) is 13.8 Å². The van der Waals surface area contributed by atoms with Crippen molar-refractivity contribution in [2.24, 2.45) is 70.0 Å². The van der Waals surface area contributed by atoms with Crippen LogP contribution in [0, 0.1) is 70.0 Å². The van der Waals surface area contributed by atoms with Crippen LogP contribution in [0.3, 0.4) is 0 Å². The molecule has 6 aliphatic rings. The highest BCUT2D eigenvalue weighted by atomic mass is 16.7. The summed E-state index contributed by atoms with van der Waals surface area (Å²) in [6.45, 7) is 15.1. The number of esters is 4. The fourth-order valence-corrected chi connectivity index (χ4v) is 15.6. The molecule has 83 heavy (non-hydrogen) atoms. The van der Waals surface area contributed by atoms with Crippen molar-refractivity contribution in [1.29, 1.82) is 0 Å². The van der Waals surface area contributed by atoms with Crippen molar-refractivity contribution >= 4 is 35.4 Å². The van der Waals surface area contributed by atoms with E-state index in [1.807, 2.05) is 71.0 Å². The average Bonchev–Trinajstić information content (AvgIpc) is 2.99. The molecule has 4 aromatic carbocycles. The second-order valence-corrected chi connectivity index (χ2v) is 25.7. The Hall–Kier alpha value is -6.06. The Morgan fingerprint density at radius 1 is 0.614 bits per heavy atom. The van der Waals surface area contributed by atoms with Crippen LogP contribution < -0.4 is 0 Å². The number of carbonyl (C=O) groups is 6. The summed E-state index contributed by atoms with van der Waals surface area (Å²) < 4.78 is 50.4. The molecular formula is C69H84O14. The zero-order chi connectivity index (χ0) is 58.6. The zero-order valence-electron chi connectivity index (χ0n) is 49.3. The molecule has 0 N–H and O–H groups in total. The van der Waals surface area contributed by atoms with Gasteiger partial charge in [0.1, 0.15) is 24.3 Å². The van der Waals surface area contributed by atoms with Crippen LogP contribution in [0.5, 0.6) is 0 Å². The average molecular weight is 1140 g/mol. The molecule has 11 unspecified atom stereocenters. The van der Waals surface area contributed by atoms with Gasteiger partial charge < -0.3 is 37.9 Å². The van der Waals surface area contributed by atoms with Gasteiger partial charge in [-0.3, -0.25) is 9.59 Å². The Labute approximate surface area is 489 Å². The van der Waals surface area contributed by atoms with Crippen LogP contribution in [0.2, 0.25) is 0 Å². The SMILES string of the molecule is C[C@@H](CCC(=O)[C@@H](C)C1C(=O)CC2C3CCC4CC(O[C@@H]5OC(COC(=O)c6ccccc6)[C@H](C)[C@H](C)C5OC(=O)c5ccccc5)CCC4(C)C3CCC21C)CO[C@@H]1OC[C@@H](C)[C@H](OC(=O)c2ccccc2)C1OC(=O)c1ccccc1.